The zero-order valence-corrected chi connectivity index (χ0v) is 45.7. The van der Waals surface area contributed by atoms with E-state index in [0.29, 0.717) is 0 Å². The van der Waals surface area contributed by atoms with Crippen LogP contribution in [0.15, 0.2) is 165 Å². The second kappa shape index (κ2) is 25.9. The number of Topliss-reactive ketones (excluding diaryl/α,β-unsaturated/α-hetero) is 2. The second-order valence-corrected chi connectivity index (χ2v) is 26.5. The van der Waals surface area contributed by atoms with Crippen LogP contribution in [0.3, 0.4) is 0 Å². The van der Waals surface area contributed by atoms with Crippen LogP contribution in [0.5, 0.6) is 0 Å². The van der Waals surface area contributed by atoms with Gasteiger partial charge in [0.15, 0.2) is 50.9 Å². The minimum atomic E-state index is -4.09. The van der Waals surface area contributed by atoms with Gasteiger partial charge in [0.05, 0.1) is 80.9 Å². The highest BCUT2D eigenvalue weighted by Gasteiger charge is 2.34. The molecule has 0 unspecified atom stereocenters. The highest BCUT2D eigenvalue weighted by molar-refractivity contribution is 7.93. The second-order valence-electron chi connectivity index (χ2n) is 18.4. The Hall–Kier alpha value is -6.68. The molecule has 76 heavy (non-hydrogen) atoms. The average Bonchev–Trinajstić information content (AvgIpc) is 3.39. The topological polar surface area (TPSA) is 247 Å². The molecule has 0 aliphatic heterocycles. The van der Waals surface area contributed by atoms with Gasteiger partial charge in [0.2, 0.25) is 0 Å². The molecule has 6 rings (SSSR count). The van der Waals surface area contributed by atoms with Crippen LogP contribution in [0.1, 0.15) is 63.7 Å². The number of hydrogen-bond donors (Lipinski definition) is 2. The minimum Gasteiger partial charge on any atom is -0.377 e. The molecule has 0 fully saturated rings. The van der Waals surface area contributed by atoms with Gasteiger partial charge in [-0.2, -0.15) is 0 Å². The van der Waals surface area contributed by atoms with E-state index in [1.807, 2.05) is 0 Å². The number of carbonyl (C=O) groups is 4. The van der Waals surface area contributed by atoms with Crippen LogP contribution >= 0.6 is 0 Å². The molecule has 6 aromatic rings. The van der Waals surface area contributed by atoms with E-state index in [9.17, 15) is 52.8 Å². The first-order valence-corrected chi connectivity index (χ1v) is 30.7. The van der Waals surface area contributed by atoms with Gasteiger partial charge in [-0.15, -0.1) is 0 Å². The summed E-state index contributed by atoms with van der Waals surface area (Å²) in [6.45, 7) is 7.99. The van der Waals surface area contributed by atoms with Crippen molar-refractivity contribution in [1.29, 1.82) is 0 Å². The lowest BCUT2D eigenvalue weighted by Crippen LogP contribution is -2.31. The van der Waals surface area contributed by atoms with Crippen molar-refractivity contribution >= 4 is 62.7 Å². The monoisotopic (exact) mass is 1110 g/mol. The Labute approximate surface area is 444 Å². The van der Waals surface area contributed by atoms with Gasteiger partial charge < -0.3 is 20.1 Å². The summed E-state index contributed by atoms with van der Waals surface area (Å²) in [5.41, 5.74) is 3.77. The lowest BCUT2D eigenvalue weighted by atomic mass is 9.99. The van der Waals surface area contributed by atoms with Gasteiger partial charge in [-0.25, -0.2) is 33.7 Å². The Morgan fingerprint density at radius 2 is 0.566 bits per heavy atom. The minimum absolute atomic E-state index is 0.0362. The number of carbonyl (C=O) groups excluding carboxylic acids is 4. The van der Waals surface area contributed by atoms with Crippen molar-refractivity contribution in [2.24, 2.45) is 11.8 Å². The maximum Gasteiger partial charge on any atom is 0.251 e. The molecule has 0 radical (unpaired) electrons. The van der Waals surface area contributed by atoms with E-state index in [-0.39, 0.29) is 81.4 Å². The van der Waals surface area contributed by atoms with Gasteiger partial charge >= 0.3 is 0 Å². The van der Waals surface area contributed by atoms with E-state index in [1.165, 1.54) is 97.1 Å². The normalized spacial score (nSPS) is 12.1. The number of aryl methyl sites for hydroxylation is 4. The number of rotatable bonds is 27. The Morgan fingerprint density at radius 1 is 0.342 bits per heavy atom. The van der Waals surface area contributed by atoms with Gasteiger partial charge in [0, 0.05) is 35.3 Å². The van der Waals surface area contributed by atoms with Gasteiger partial charge in [-0.05, 0) is 100 Å². The van der Waals surface area contributed by atoms with Crippen LogP contribution in [0.2, 0.25) is 0 Å². The van der Waals surface area contributed by atoms with Crippen LogP contribution in [-0.2, 0) is 48.8 Å². The fraction of sp³-hybridized carbons (Fsp3) is 0.286. The molecule has 0 aromatic heterocycles. The lowest BCUT2D eigenvalue weighted by Gasteiger charge is -2.17. The summed E-state index contributed by atoms with van der Waals surface area (Å²) in [7, 11) is -16.4. The Morgan fingerprint density at radius 3 is 0.803 bits per heavy atom. The standard InChI is InChI=1S/C56H60N2O14S4/c1-39-5-21-49(22-6-39)73(63,64)35-47(36-74(65,66)50-23-7-40(2)8-24-50)53(59)43-13-17-45(18-14-43)55(61)57-29-31-71-33-34-72-32-30-58-56(62)46-19-15-44(16-20-46)54(60)48(37-75(67,68)51-25-9-41(3)10-26-51)38-76(69,70)52-27-11-42(4)12-28-52/h5-28,47-48H,29-38H2,1-4H3,(H,57,61)(H,58,62). The molecule has 2 amide bonds. The first-order chi connectivity index (χ1) is 35.9. The van der Waals surface area contributed by atoms with E-state index in [0.717, 1.165) is 22.3 Å². The molecule has 0 spiro atoms. The summed E-state index contributed by atoms with van der Waals surface area (Å²) < 4.78 is 119. The van der Waals surface area contributed by atoms with Crippen molar-refractivity contribution in [3.8, 4) is 0 Å². The molecule has 20 heteroatoms. The zero-order valence-electron chi connectivity index (χ0n) is 42.4. The van der Waals surface area contributed by atoms with E-state index in [1.54, 1.807) is 76.2 Å². The highest BCUT2D eigenvalue weighted by atomic mass is 32.2. The molecule has 0 saturated carbocycles. The summed E-state index contributed by atoms with van der Waals surface area (Å²) >= 11 is 0. The molecule has 0 aliphatic rings. The van der Waals surface area contributed by atoms with E-state index in [4.69, 9.17) is 9.47 Å². The van der Waals surface area contributed by atoms with Gasteiger partial charge in [0.1, 0.15) is 0 Å². The van der Waals surface area contributed by atoms with Gasteiger partial charge in [0.25, 0.3) is 11.8 Å². The number of amides is 2. The Bertz CT molecular complexity index is 3070. The number of benzene rings is 6. The first-order valence-electron chi connectivity index (χ1n) is 24.1. The number of sulfone groups is 4. The largest absolute Gasteiger partial charge is 0.377 e. The van der Waals surface area contributed by atoms with Crippen molar-refractivity contribution in [2.45, 2.75) is 47.3 Å². The molecular formula is C56H60N2O14S4. The highest BCUT2D eigenvalue weighted by Crippen LogP contribution is 2.26. The maximum absolute atomic E-state index is 13.9. The molecular weight excluding hydrogens is 1050 g/mol. The maximum atomic E-state index is 13.9. The van der Waals surface area contributed by atoms with E-state index in [2.05, 4.69) is 10.6 Å². The summed E-state index contributed by atoms with van der Waals surface area (Å²) in [5, 5.41) is 5.40. The Balaban J connectivity index is 0.931. The van der Waals surface area contributed by atoms with Crippen LogP contribution in [0.25, 0.3) is 0 Å². The van der Waals surface area contributed by atoms with Crippen LogP contribution in [-0.4, -0.2) is 120 Å². The Kier molecular flexibility index (Phi) is 20.0. The molecule has 0 atom stereocenters. The molecule has 0 aliphatic carbocycles. The number of ether oxygens (including phenoxy) is 2. The summed E-state index contributed by atoms with van der Waals surface area (Å²) in [6, 6.07) is 35.2. The fourth-order valence-corrected chi connectivity index (χ4v) is 14.3. The third kappa shape index (κ3) is 16.4. The van der Waals surface area contributed by atoms with Gasteiger partial charge in [-0.3, -0.25) is 19.2 Å². The number of nitrogens with one attached hydrogen (secondary N) is 2. The van der Waals surface area contributed by atoms with Gasteiger partial charge in [-0.1, -0.05) is 95.1 Å². The first kappa shape index (κ1) is 58.6. The third-order valence-electron chi connectivity index (χ3n) is 12.2. The fourth-order valence-electron chi connectivity index (χ4n) is 7.87. The predicted molar refractivity (Wildman–Crippen MR) is 288 cm³/mol. The number of hydrogen-bond acceptors (Lipinski definition) is 14. The van der Waals surface area contributed by atoms with Crippen LogP contribution in [0, 0.1) is 39.5 Å². The van der Waals surface area contributed by atoms with Crippen molar-refractivity contribution in [2.75, 3.05) is 62.5 Å². The molecule has 402 valence electrons. The summed E-state index contributed by atoms with van der Waals surface area (Å²) in [6.07, 6.45) is 0. The summed E-state index contributed by atoms with van der Waals surface area (Å²) in [4.78, 5) is 53.4. The average molecular weight is 1110 g/mol. The zero-order chi connectivity index (χ0) is 55.3. The summed E-state index contributed by atoms with van der Waals surface area (Å²) in [5.74, 6) is -8.28. The molecule has 6 aromatic carbocycles. The van der Waals surface area contributed by atoms with Crippen LogP contribution in [0.4, 0.5) is 0 Å². The van der Waals surface area contributed by atoms with Crippen molar-refractivity contribution < 1.29 is 62.3 Å². The molecule has 0 bridgehead atoms. The van der Waals surface area contributed by atoms with Crippen molar-refractivity contribution in [3.63, 3.8) is 0 Å². The lowest BCUT2D eigenvalue weighted by molar-refractivity contribution is 0.0486. The van der Waals surface area contributed by atoms with Crippen molar-refractivity contribution in [1.82, 2.24) is 10.6 Å². The molecule has 2 N–H and O–H groups in total. The SMILES string of the molecule is Cc1ccc(S(=O)(=O)CC(CS(=O)(=O)c2ccc(C)cc2)C(=O)c2ccc(C(=O)NCCOCCOCCNC(=O)c3ccc(C(=O)C(CS(=O)(=O)c4ccc(C)cc4)CS(=O)(=O)c4ccc(C)cc4)cc3)cc2)cc1. The molecule has 16 nitrogen and oxygen atoms in total. The third-order valence-corrected chi connectivity index (χ3v) is 19.6. The van der Waals surface area contributed by atoms with Crippen LogP contribution < -0.4 is 10.6 Å². The van der Waals surface area contributed by atoms with E-state index >= 15 is 0 Å². The molecule has 0 saturated heterocycles. The predicted octanol–water partition coefficient (Wildman–Crippen LogP) is 6.61. The molecule has 0 heterocycles. The smallest absolute Gasteiger partial charge is 0.251 e. The number of ketones is 2. The quantitative estimate of drug-likeness (QED) is 0.0407. The van der Waals surface area contributed by atoms with E-state index < -0.39 is 97.6 Å². The van der Waals surface area contributed by atoms with Crippen molar-refractivity contribution in [3.05, 3.63) is 190 Å².